The lowest BCUT2D eigenvalue weighted by molar-refractivity contribution is -0.384. The van der Waals surface area contributed by atoms with E-state index in [-0.39, 0.29) is 24.9 Å². The number of ether oxygens (including phenoxy) is 2. The van der Waals surface area contributed by atoms with Crippen LogP contribution in [0.5, 0.6) is 5.75 Å². The molecule has 0 saturated carbocycles. The minimum atomic E-state index is -0.793. The summed E-state index contributed by atoms with van der Waals surface area (Å²) in [4.78, 5) is 22.0. The Kier molecular flexibility index (Phi) is 16.9. The van der Waals surface area contributed by atoms with E-state index in [1.807, 2.05) is 0 Å². The van der Waals surface area contributed by atoms with E-state index in [0.29, 0.717) is 18.6 Å². The van der Waals surface area contributed by atoms with Gasteiger partial charge in [0.1, 0.15) is 12.4 Å². The van der Waals surface area contributed by atoms with E-state index in [4.69, 9.17) is 9.47 Å². The maximum absolute atomic E-state index is 11.8. The highest BCUT2D eigenvalue weighted by Crippen LogP contribution is 2.17. The van der Waals surface area contributed by atoms with Gasteiger partial charge in [0.05, 0.1) is 17.6 Å². The molecule has 33 heavy (non-hydrogen) atoms. The molecule has 0 aliphatic heterocycles. The van der Waals surface area contributed by atoms with Gasteiger partial charge in [0.25, 0.3) is 5.69 Å². The van der Waals surface area contributed by atoms with Crippen LogP contribution >= 0.6 is 0 Å². The van der Waals surface area contributed by atoms with Gasteiger partial charge in [0, 0.05) is 25.0 Å². The molecule has 0 fully saturated rings. The Bertz CT molecular complexity index is 634. The van der Waals surface area contributed by atoms with Gasteiger partial charge in [-0.05, 0) is 18.6 Å². The summed E-state index contributed by atoms with van der Waals surface area (Å²) in [6.07, 6.45) is 16.3. The molecule has 1 unspecified atom stereocenters. The number of carbonyl (C=O) groups excluding carboxylic acids is 1. The molecule has 1 rings (SSSR count). The lowest BCUT2D eigenvalue weighted by Gasteiger charge is -2.12. The molecular weight excluding hydrogens is 422 g/mol. The lowest BCUT2D eigenvalue weighted by Crippen LogP contribution is -2.21. The van der Waals surface area contributed by atoms with E-state index in [9.17, 15) is 20.0 Å². The molecule has 7 nitrogen and oxygen atoms in total. The van der Waals surface area contributed by atoms with Crippen LogP contribution in [-0.4, -0.2) is 35.3 Å². The second kappa shape index (κ2) is 19.3. The minimum absolute atomic E-state index is 0.00204. The van der Waals surface area contributed by atoms with Crippen LogP contribution in [0.2, 0.25) is 0 Å². The first-order chi connectivity index (χ1) is 16.0. The van der Waals surface area contributed by atoms with Crippen molar-refractivity contribution in [2.45, 2.75) is 109 Å². The van der Waals surface area contributed by atoms with E-state index in [1.54, 1.807) is 0 Å². The fraction of sp³-hybridized carbons (Fsp3) is 0.731. The largest absolute Gasteiger partial charge is 0.493 e. The molecule has 7 heteroatoms. The van der Waals surface area contributed by atoms with Gasteiger partial charge in [-0.2, -0.15) is 0 Å². The molecule has 1 aromatic carbocycles. The zero-order valence-electron chi connectivity index (χ0n) is 20.3. The molecule has 0 radical (unpaired) electrons. The van der Waals surface area contributed by atoms with Crippen LogP contribution in [0.3, 0.4) is 0 Å². The average molecular weight is 466 g/mol. The number of nitro benzene ring substituents is 1. The maximum Gasteiger partial charge on any atom is 0.305 e. The summed E-state index contributed by atoms with van der Waals surface area (Å²) >= 11 is 0. The van der Waals surface area contributed by atoms with Crippen molar-refractivity contribution >= 4 is 11.7 Å². The number of nitrogens with zero attached hydrogens (tertiary/aromatic N) is 1. The van der Waals surface area contributed by atoms with Crippen molar-refractivity contribution in [2.24, 2.45) is 0 Å². The maximum atomic E-state index is 11.8. The highest BCUT2D eigenvalue weighted by atomic mass is 16.6. The number of hydrogen-bond donors (Lipinski definition) is 1. The van der Waals surface area contributed by atoms with Crippen LogP contribution in [0.25, 0.3) is 0 Å². The summed E-state index contributed by atoms with van der Waals surface area (Å²) in [5, 5.41) is 20.6. The van der Waals surface area contributed by atoms with Crippen molar-refractivity contribution in [1.82, 2.24) is 0 Å². The molecular formula is C26H43NO6. The first-order valence-corrected chi connectivity index (χ1v) is 12.7. The predicted octanol–water partition coefficient (Wildman–Crippen LogP) is 6.75. The summed E-state index contributed by atoms with van der Waals surface area (Å²) in [5.41, 5.74) is -0.00204. The first kappa shape index (κ1) is 28.9. The highest BCUT2D eigenvalue weighted by molar-refractivity contribution is 5.69. The Morgan fingerprint density at radius 3 is 1.94 bits per heavy atom. The number of rotatable bonds is 21. The summed E-state index contributed by atoms with van der Waals surface area (Å²) in [6, 6.07) is 5.76. The molecule has 1 aromatic rings. The molecule has 0 aliphatic carbocycles. The van der Waals surface area contributed by atoms with Gasteiger partial charge in [-0.1, -0.05) is 84.0 Å². The van der Waals surface area contributed by atoms with E-state index < -0.39 is 11.0 Å². The standard InChI is InChI=1S/C26H43NO6/c1-2-3-4-5-6-7-8-9-10-11-12-13-14-15-26(29)33-22-24(28)20-21-32-25-18-16-23(17-19-25)27(30)31/h16-19,24,28H,2-15,20-22H2,1H3. The number of carbonyl (C=O) groups is 1. The fourth-order valence-corrected chi connectivity index (χ4v) is 3.61. The van der Waals surface area contributed by atoms with Gasteiger partial charge < -0.3 is 14.6 Å². The van der Waals surface area contributed by atoms with E-state index in [0.717, 1.165) is 19.3 Å². The number of unbranched alkanes of at least 4 members (excludes halogenated alkanes) is 12. The van der Waals surface area contributed by atoms with Gasteiger partial charge in [-0.3, -0.25) is 14.9 Å². The predicted molar refractivity (Wildman–Crippen MR) is 130 cm³/mol. The number of hydrogen-bond acceptors (Lipinski definition) is 6. The van der Waals surface area contributed by atoms with Crippen LogP contribution in [0.1, 0.15) is 103 Å². The number of nitro groups is 1. The van der Waals surface area contributed by atoms with Crippen molar-refractivity contribution in [3.63, 3.8) is 0 Å². The third-order valence-electron chi connectivity index (χ3n) is 5.69. The molecule has 0 spiro atoms. The van der Waals surface area contributed by atoms with E-state index in [2.05, 4.69) is 6.92 Å². The third-order valence-corrected chi connectivity index (χ3v) is 5.69. The smallest absolute Gasteiger partial charge is 0.305 e. The van der Waals surface area contributed by atoms with Crippen molar-refractivity contribution in [3.8, 4) is 5.75 Å². The second-order valence-electron chi connectivity index (χ2n) is 8.72. The summed E-state index contributed by atoms with van der Waals surface area (Å²) < 4.78 is 10.6. The van der Waals surface area contributed by atoms with Crippen LogP contribution in [0, 0.1) is 10.1 Å². The summed E-state index contributed by atoms with van der Waals surface area (Å²) in [7, 11) is 0. The highest BCUT2D eigenvalue weighted by Gasteiger charge is 2.10. The van der Waals surface area contributed by atoms with Crippen LogP contribution < -0.4 is 4.74 Å². The number of aliphatic hydroxyl groups is 1. The normalized spacial score (nSPS) is 11.8. The van der Waals surface area contributed by atoms with Crippen LogP contribution in [-0.2, 0) is 9.53 Å². The number of esters is 1. The third kappa shape index (κ3) is 16.2. The topological polar surface area (TPSA) is 98.9 Å². The Hall–Kier alpha value is -2.15. The van der Waals surface area contributed by atoms with E-state index in [1.165, 1.54) is 88.5 Å². The van der Waals surface area contributed by atoms with Crippen molar-refractivity contribution in [2.75, 3.05) is 13.2 Å². The lowest BCUT2D eigenvalue weighted by atomic mass is 10.0. The first-order valence-electron chi connectivity index (χ1n) is 12.7. The van der Waals surface area contributed by atoms with Crippen molar-refractivity contribution < 1.29 is 24.3 Å². The van der Waals surface area contributed by atoms with E-state index >= 15 is 0 Å². The second-order valence-corrected chi connectivity index (χ2v) is 8.72. The minimum Gasteiger partial charge on any atom is -0.493 e. The van der Waals surface area contributed by atoms with Gasteiger partial charge in [-0.25, -0.2) is 0 Å². The Labute approximate surface area is 199 Å². The Morgan fingerprint density at radius 2 is 1.42 bits per heavy atom. The average Bonchev–Trinajstić information content (AvgIpc) is 2.81. The Morgan fingerprint density at radius 1 is 0.909 bits per heavy atom. The molecule has 0 saturated heterocycles. The zero-order valence-corrected chi connectivity index (χ0v) is 20.3. The van der Waals surface area contributed by atoms with Crippen LogP contribution in [0.4, 0.5) is 5.69 Å². The Balaban J connectivity index is 1.91. The monoisotopic (exact) mass is 465 g/mol. The summed E-state index contributed by atoms with van der Waals surface area (Å²) in [6.45, 7) is 2.44. The molecule has 0 bridgehead atoms. The number of non-ortho nitro benzene ring substituents is 1. The number of aliphatic hydroxyl groups excluding tert-OH is 1. The molecule has 0 aromatic heterocycles. The van der Waals surface area contributed by atoms with Crippen molar-refractivity contribution in [1.29, 1.82) is 0 Å². The number of benzene rings is 1. The molecule has 0 aliphatic rings. The van der Waals surface area contributed by atoms with Crippen molar-refractivity contribution in [3.05, 3.63) is 34.4 Å². The molecule has 0 amide bonds. The van der Waals surface area contributed by atoms with Gasteiger partial charge in [0.2, 0.25) is 0 Å². The molecule has 1 N–H and O–H groups in total. The SMILES string of the molecule is CCCCCCCCCCCCCCCC(=O)OCC(O)CCOc1ccc([N+](=O)[O-])cc1. The molecule has 1 atom stereocenters. The fourth-order valence-electron chi connectivity index (χ4n) is 3.61. The zero-order chi connectivity index (χ0) is 24.2. The van der Waals surface area contributed by atoms with Crippen LogP contribution in [0.15, 0.2) is 24.3 Å². The quantitative estimate of drug-likeness (QED) is 0.0933. The van der Waals surface area contributed by atoms with Gasteiger partial charge in [-0.15, -0.1) is 0 Å². The molecule has 188 valence electrons. The van der Waals surface area contributed by atoms with Gasteiger partial charge >= 0.3 is 5.97 Å². The van der Waals surface area contributed by atoms with Gasteiger partial charge in [0.15, 0.2) is 0 Å². The molecule has 0 heterocycles. The summed E-state index contributed by atoms with van der Waals surface area (Å²) in [5.74, 6) is 0.223.